The number of carbonyl (C=O) groups excluding carboxylic acids is 2. The maximum atomic E-state index is 11.8. The second-order valence-electron chi connectivity index (χ2n) is 3.71. The molecule has 8 heteroatoms. The van der Waals surface area contributed by atoms with Crippen LogP contribution >= 0.6 is 0 Å². The summed E-state index contributed by atoms with van der Waals surface area (Å²) in [6.07, 6.45) is -4.25. The van der Waals surface area contributed by atoms with Crippen molar-refractivity contribution in [1.82, 2.24) is 16.0 Å². The first-order valence-corrected chi connectivity index (χ1v) is 5.60. The van der Waals surface area contributed by atoms with Gasteiger partial charge in [0.25, 0.3) is 0 Å². The SMILES string of the molecule is CCNC(=O)CCNC(C)C(=O)NCC(F)(F)F. The van der Waals surface area contributed by atoms with Gasteiger partial charge >= 0.3 is 6.18 Å². The molecular formula is C10H18F3N3O2. The minimum atomic E-state index is -4.42. The highest BCUT2D eigenvalue weighted by Crippen LogP contribution is 2.12. The van der Waals surface area contributed by atoms with Gasteiger partial charge < -0.3 is 16.0 Å². The maximum Gasteiger partial charge on any atom is 0.405 e. The minimum Gasteiger partial charge on any atom is -0.356 e. The lowest BCUT2D eigenvalue weighted by Crippen LogP contribution is -2.46. The third kappa shape index (κ3) is 8.80. The third-order valence-electron chi connectivity index (χ3n) is 2.03. The van der Waals surface area contributed by atoms with E-state index in [0.29, 0.717) is 6.54 Å². The van der Waals surface area contributed by atoms with Crippen molar-refractivity contribution in [3.05, 3.63) is 0 Å². The number of halogens is 3. The summed E-state index contributed by atoms with van der Waals surface area (Å²) in [7, 11) is 0. The Bertz CT molecular complexity index is 282. The fourth-order valence-electron chi connectivity index (χ4n) is 1.12. The van der Waals surface area contributed by atoms with Crippen LogP contribution in [0.3, 0.4) is 0 Å². The molecular weight excluding hydrogens is 251 g/mol. The second kappa shape index (κ2) is 7.91. The summed E-state index contributed by atoms with van der Waals surface area (Å²) >= 11 is 0. The zero-order valence-electron chi connectivity index (χ0n) is 10.4. The van der Waals surface area contributed by atoms with E-state index in [-0.39, 0.29) is 18.9 Å². The van der Waals surface area contributed by atoms with Gasteiger partial charge in [0.15, 0.2) is 0 Å². The van der Waals surface area contributed by atoms with Gasteiger partial charge in [-0.05, 0) is 13.8 Å². The average molecular weight is 269 g/mol. The monoisotopic (exact) mass is 269 g/mol. The summed E-state index contributed by atoms with van der Waals surface area (Å²) in [5.74, 6) is -0.920. The Morgan fingerprint density at radius 3 is 2.33 bits per heavy atom. The molecule has 106 valence electrons. The lowest BCUT2D eigenvalue weighted by atomic mass is 10.3. The van der Waals surface area contributed by atoms with Crippen LogP contribution in [0, 0.1) is 0 Å². The highest BCUT2D eigenvalue weighted by Gasteiger charge is 2.28. The normalized spacial score (nSPS) is 12.9. The molecule has 0 aromatic carbocycles. The molecule has 3 N–H and O–H groups in total. The predicted molar refractivity (Wildman–Crippen MR) is 59.8 cm³/mol. The zero-order chi connectivity index (χ0) is 14.2. The van der Waals surface area contributed by atoms with Crippen molar-refractivity contribution in [3.63, 3.8) is 0 Å². The Kier molecular flexibility index (Phi) is 7.33. The molecule has 18 heavy (non-hydrogen) atoms. The number of amides is 2. The molecule has 0 aromatic rings. The first-order valence-electron chi connectivity index (χ1n) is 5.60. The summed E-state index contributed by atoms with van der Waals surface area (Å²) < 4.78 is 35.5. The average Bonchev–Trinajstić information content (AvgIpc) is 2.25. The van der Waals surface area contributed by atoms with Crippen LogP contribution in [-0.2, 0) is 9.59 Å². The van der Waals surface area contributed by atoms with E-state index in [0.717, 1.165) is 0 Å². The highest BCUT2D eigenvalue weighted by molar-refractivity contribution is 5.81. The van der Waals surface area contributed by atoms with E-state index in [4.69, 9.17) is 0 Å². The molecule has 0 rings (SSSR count). The summed E-state index contributed by atoms with van der Waals surface area (Å²) in [5, 5.41) is 6.99. The van der Waals surface area contributed by atoms with Crippen molar-refractivity contribution in [2.24, 2.45) is 0 Å². The molecule has 0 spiro atoms. The van der Waals surface area contributed by atoms with Crippen LogP contribution < -0.4 is 16.0 Å². The van der Waals surface area contributed by atoms with Crippen LogP contribution in [0.5, 0.6) is 0 Å². The molecule has 0 aliphatic heterocycles. The standard InChI is InChI=1S/C10H18F3N3O2/c1-3-14-8(17)4-5-15-7(2)9(18)16-6-10(11,12)13/h7,15H,3-6H2,1-2H3,(H,14,17)(H,16,18). The van der Waals surface area contributed by atoms with Crippen molar-refractivity contribution in [3.8, 4) is 0 Å². The van der Waals surface area contributed by atoms with E-state index < -0.39 is 24.7 Å². The van der Waals surface area contributed by atoms with Crippen LogP contribution in [0.25, 0.3) is 0 Å². The van der Waals surface area contributed by atoms with Crippen molar-refractivity contribution >= 4 is 11.8 Å². The van der Waals surface area contributed by atoms with E-state index in [2.05, 4.69) is 10.6 Å². The largest absolute Gasteiger partial charge is 0.405 e. The number of nitrogens with one attached hydrogen (secondary N) is 3. The van der Waals surface area contributed by atoms with Crippen LogP contribution in [0.1, 0.15) is 20.3 Å². The van der Waals surface area contributed by atoms with Crippen molar-refractivity contribution in [2.45, 2.75) is 32.5 Å². The van der Waals surface area contributed by atoms with Gasteiger partial charge in [0.1, 0.15) is 6.54 Å². The Morgan fingerprint density at radius 1 is 1.22 bits per heavy atom. The Morgan fingerprint density at radius 2 is 1.83 bits per heavy atom. The molecule has 0 aromatic heterocycles. The molecule has 0 aliphatic carbocycles. The van der Waals surface area contributed by atoms with Crippen molar-refractivity contribution in [1.29, 1.82) is 0 Å². The van der Waals surface area contributed by atoms with Gasteiger partial charge in [0.2, 0.25) is 11.8 Å². The van der Waals surface area contributed by atoms with Gasteiger partial charge in [-0.25, -0.2) is 0 Å². The van der Waals surface area contributed by atoms with Crippen LogP contribution in [0.4, 0.5) is 13.2 Å². The van der Waals surface area contributed by atoms with Crippen LogP contribution in [0.15, 0.2) is 0 Å². The smallest absolute Gasteiger partial charge is 0.356 e. The van der Waals surface area contributed by atoms with Gasteiger partial charge in [-0.15, -0.1) is 0 Å². The topological polar surface area (TPSA) is 70.2 Å². The summed E-state index contributed by atoms with van der Waals surface area (Å²) in [6.45, 7) is 2.60. The Labute approximate surface area is 103 Å². The Hall–Kier alpha value is -1.31. The highest BCUT2D eigenvalue weighted by atomic mass is 19.4. The minimum absolute atomic E-state index is 0.171. The molecule has 0 radical (unpaired) electrons. The third-order valence-corrected chi connectivity index (χ3v) is 2.03. The maximum absolute atomic E-state index is 11.8. The number of alkyl halides is 3. The summed E-state index contributed by atoms with van der Waals surface area (Å²) in [4.78, 5) is 22.3. The molecule has 0 fully saturated rings. The van der Waals surface area contributed by atoms with Gasteiger partial charge in [0.05, 0.1) is 6.04 Å². The molecule has 0 heterocycles. The predicted octanol–water partition coefficient (Wildman–Crippen LogP) is 0.169. The van der Waals surface area contributed by atoms with Gasteiger partial charge in [-0.3, -0.25) is 9.59 Å². The van der Waals surface area contributed by atoms with E-state index in [1.54, 1.807) is 12.2 Å². The fourth-order valence-corrected chi connectivity index (χ4v) is 1.12. The fraction of sp³-hybridized carbons (Fsp3) is 0.800. The molecule has 2 amide bonds. The first-order chi connectivity index (χ1) is 8.26. The number of hydrogen-bond acceptors (Lipinski definition) is 3. The van der Waals surface area contributed by atoms with Gasteiger partial charge in [0, 0.05) is 19.5 Å². The number of rotatable bonds is 7. The van der Waals surface area contributed by atoms with Crippen molar-refractivity contribution in [2.75, 3.05) is 19.6 Å². The molecule has 0 bridgehead atoms. The van der Waals surface area contributed by atoms with Crippen molar-refractivity contribution < 1.29 is 22.8 Å². The van der Waals surface area contributed by atoms with Gasteiger partial charge in [-0.2, -0.15) is 13.2 Å². The van der Waals surface area contributed by atoms with E-state index in [1.807, 2.05) is 0 Å². The zero-order valence-corrected chi connectivity index (χ0v) is 10.4. The molecule has 1 atom stereocenters. The van der Waals surface area contributed by atoms with E-state index in [9.17, 15) is 22.8 Å². The molecule has 0 saturated carbocycles. The quantitative estimate of drug-likeness (QED) is 0.617. The second-order valence-corrected chi connectivity index (χ2v) is 3.71. The number of hydrogen-bond donors (Lipinski definition) is 3. The number of carbonyl (C=O) groups is 2. The summed E-state index contributed by atoms with van der Waals surface area (Å²) in [5.41, 5.74) is 0. The molecule has 1 unspecified atom stereocenters. The Balaban J connectivity index is 3.78. The van der Waals surface area contributed by atoms with E-state index >= 15 is 0 Å². The first kappa shape index (κ1) is 16.7. The lowest BCUT2D eigenvalue weighted by molar-refractivity contribution is -0.139. The van der Waals surface area contributed by atoms with Crippen LogP contribution in [-0.4, -0.2) is 43.7 Å². The van der Waals surface area contributed by atoms with Gasteiger partial charge in [-0.1, -0.05) is 0 Å². The van der Waals surface area contributed by atoms with E-state index in [1.165, 1.54) is 6.92 Å². The van der Waals surface area contributed by atoms with Crippen LogP contribution in [0.2, 0.25) is 0 Å². The molecule has 0 aliphatic rings. The lowest BCUT2D eigenvalue weighted by Gasteiger charge is -2.14. The molecule has 5 nitrogen and oxygen atoms in total. The molecule has 0 saturated heterocycles. The summed E-state index contributed by atoms with van der Waals surface area (Å²) in [6, 6.07) is -0.776.